The topological polar surface area (TPSA) is 69.4 Å². The monoisotopic (exact) mass is 657 g/mol. The van der Waals surface area contributed by atoms with Gasteiger partial charge in [0.15, 0.2) is 5.76 Å². The summed E-state index contributed by atoms with van der Waals surface area (Å²) in [5, 5.41) is 2.65. The lowest BCUT2D eigenvalue weighted by Gasteiger charge is -2.34. The molecule has 1 aliphatic heterocycles. The van der Waals surface area contributed by atoms with Crippen molar-refractivity contribution in [3.63, 3.8) is 0 Å². The second-order valence-corrected chi connectivity index (χ2v) is 14.0. The molecule has 0 radical (unpaired) electrons. The van der Waals surface area contributed by atoms with Gasteiger partial charge in [0.2, 0.25) is 9.05 Å². The maximum atomic E-state index is 13.5. The van der Waals surface area contributed by atoms with Gasteiger partial charge in [-0.1, -0.05) is 41.6 Å². The molecule has 0 spiro atoms. The summed E-state index contributed by atoms with van der Waals surface area (Å²) in [6.07, 6.45) is -4.40. The number of thioether (sulfide) groups is 1. The average molecular weight is 659 g/mol. The number of methoxy groups -OCH3 is 1. The highest BCUT2D eigenvalue weighted by atomic mass is 79.9. The SMILES string of the molecule is COc1ccc(CC2(c3ccc(C(F)(F)F)cc3)Sc3cccc(-c4onc(C)c4Br)c3C2S(=O)(=O)Cl)cc1. The fourth-order valence-corrected chi connectivity index (χ4v) is 9.55. The van der Waals surface area contributed by atoms with Crippen LogP contribution < -0.4 is 4.74 Å². The molecule has 0 saturated carbocycles. The van der Waals surface area contributed by atoms with E-state index in [0.29, 0.717) is 43.3 Å². The molecule has 1 aliphatic rings. The third-order valence-corrected chi connectivity index (χ3v) is 11.1. The molecule has 39 heavy (non-hydrogen) atoms. The van der Waals surface area contributed by atoms with Gasteiger partial charge in [-0.15, -0.1) is 11.8 Å². The van der Waals surface area contributed by atoms with Crippen molar-refractivity contribution in [2.24, 2.45) is 0 Å². The van der Waals surface area contributed by atoms with Crippen molar-refractivity contribution < 1.29 is 30.8 Å². The fourth-order valence-electron chi connectivity index (χ4n) is 4.91. The van der Waals surface area contributed by atoms with E-state index < -0.39 is 30.8 Å². The zero-order chi connectivity index (χ0) is 28.2. The Kier molecular flexibility index (Phi) is 7.32. The largest absolute Gasteiger partial charge is 0.497 e. The smallest absolute Gasteiger partial charge is 0.416 e. The van der Waals surface area contributed by atoms with Gasteiger partial charge >= 0.3 is 6.18 Å². The first-order chi connectivity index (χ1) is 18.3. The van der Waals surface area contributed by atoms with E-state index in [0.717, 1.165) is 17.7 Å². The Morgan fingerprint density at radius 1 is 1.10 bits per heavy atom. The molecule has 0 fully saturated rings. The quantitative estimate of drug-likeness (QED) is 0.194. The van der Waals surface area contributed by atoms with Gasteiger partial charge in [0, 0.05) is 21.1 Å². The molecule has 2 unspecified atom stereocenters. The van der Waals surface area contributed by atoms with Gasteiger partial charge in [0.25, 0.3) is 0 Å². The second kappa shape index (κ2) is 10.2. The van der Waals surface area contributed by atoms with Crippen LogP contribution in [-0.4, -0.2) is 20.7 Å². The van der Waals surface area contributed by atoms with Crippen LogP contribution in [0, 0.1) is 6.92 Å². The Bertz CT molecular complexity index is 1640. The molecule has 0 bridgehead atoms. The van der Waals surface area contributed by atoms with Gasteiger partial charge in [0.05, 0.1) is 27.6 Å². The van der Waals surface area contributed by atoms with Crippen LogP contribution in [0.2, 0.25) is 0 Å². The number of hydrogen-bond donors (Lipinski definition) is 0. The van der Waals surface area contributed by atoms with Gasteiger partial charge in [-0.3, -0.25) is 0 Å². The zero-order valence-electron chi connectivity index (χ0n) is 20.4. The van der Waals surface area contributed by atoms with E-state index >= 15 is 0 Å². The number of aromatic nitrogens is 1. The van der Waals surface area contributed by atoms with E-state index in [1.807, 2.05) is 0 Å². The number of alkyl halides is 3. The van der Waals surface area contributed by atoms with Crippen LogP contribution in [0.1, 0.15) is 33.2 Å². The van der Waals surface area contributed by atoms with Gasteiger partial charge in [-0.25, -0.2) is 8.42 Å². The van der Waals surface area contributed by atoms with Crippen molar-refractivity contribution in [3.8, 4) is 17.1 Å². The Balaban J connectivity index is 1.76. The number of rotatable bonds is 6. The lowest BCUT2D eigenvalue weighted by molar-refractivity contribution is -0.137. The van der Waals surface area contributed by atoms with E-state index in [9.17, 15) is 21.6 Å². The molecule has 2 atom stereocenters. The Morgan fingerprint density at radius 2 is 1.77 bits per heavy atom. The zero-order valence-corrected chi connectivity index (χ0v) is 24.4. The molecule has 204 valence electrons. The van der Waals surface area contributed by atoms with Crippen LogP contribution >= 0.6 is 38.4 Å². The number of ether oxygens (including phenoxy) is 1. The van der Waals surface area contributed by atoms with Gasteiger partial charge in [-0.05, 0) is 76.3 Å². The minimum Gasteiger partial charge on any atom is -0.497 e. The summed E-state index contributed by atoms with van der Waals surface area (Å²) in [7, 11) is 3.40. The molecular weight excluding hydrogens is 639 g/mol. The Morgan fingerprint density at radius 3 is 2.31 bits per heavy atom. The summed E-state index contributed by atoms with van der Waals surface area (Å²) >= 11 is 4.73. The molecule has 0 aliphatic carbocycles. The molecule has 1 aromatic heterocycles. The van der Waals surface area contributed by atoms with Crippen LogP contribution in [0.5, 0.6) is 5.75 Å². The first kappa shape index (κ1) is 28.1. The summed E-state index contributed by atoms with van der Waals surface area (Å²) in [6, 6.07) is 16.9. The second-order valence-electron chi connectivity index (χ2n) is 9.08. The summed E-state index contributed by atoms with van der Waals surface area (Å²) < 4.78 is 77.3. The van der Waals surface area contributed by atoms with E-state index in [2.05, 4.69) is 21.1 Å². The minimum absolute atomic E-state index is 0.147. The number of aryl methyl sites for hydroxylation is 1. The van der Waals surface area contributed by atoms with Crippen LogP contribution in [0.4, 0.5) is 13.2 Å². The highest BCUT2D eigenvalue weighted by Gasteiger charge is 2.55. The number of benzene rings is 3. The number of nitrogens with zero attached hydrogens (tertiary/aromatic N) is 1. The summed E-state index contributed by atoms with van der Waals surface area (Å²) in [4.78, 5) is 0.621. The van der Waals surface area contributed by atoms with Crippen molar-refractivity contribution in [1.82, 2.24) is 5.16 Å². The molecule has 0 N–H and O–H groups in total. The van der Waals surface area contributed by atoms with Crippen LogP contribution in [0.15, 0.2) is 80.6 Å². The predicted octanol–water partition coefficient (Wildman–Crippen LogP) is 8.29. The molecule has 5 rings (SSSR count). The maximum absolute atomic E-state index is 13.5. The summed E-state index contributed by atoms with van der Waals surface area (Å²) in [5.74, 6) is 0.946. The third kappa shape index (κ3) is 5.10. The minimum atomic E-state index is -4.55. The highest BCUT2D eigenvalue weighted by molar-refractivity contribution is 9.10. The number of hydrogen-bond acceptors (Lipinski definition) is 6. The molecular formula is C27H20BrClF3NO4S2. The van der Waals surface area contributed by atoms with E-state index in [1.54, 1.807) is 49.4 Å². The maximum Gasteiger partial charge on any atom is 0.416 e. The molecule has 12 heteroatoms. The van der Waals surface area contributed by atoms with Crippen molar-refractivity contribution in [3.05, 3.63) is 99.2 Å². The number of halogens is 5. The van der Waals surface area contributed by atoms with Gasteiger partial charge in [0.1, 0.15) is 11.0 Å². The van der Waals surface area contributed by atoms with Crippen LogP contribution in [0.25, 0.3) is 11.3 Å². The molecule has 5 nitrogen and oxygen atoms in total. The third-order valence-electron chi connectivity index (χ3n) is 6.69. The lowest BCUT2D eigenvalue weighted by Crippen LogP contribution is -2.33. The first-order valence-corrected chi connectivity index (χ1v) is 15.5. The van der Waals surface area contributed by atoms with Crippen molar-refractivity contribution >= 4 is 47.4 Å². The normalized spacial score (nSPS) is 19.2. The predicted molar refractivity (Wildman–Crippen MR) is 148 cm³/mol. The van der Waals surface area contributed by atoms with Crippen molar-refractivity contribution in [2.45, 2.75) is 34.4 Å². The average Bonchev–Trinajstić information content (AvgIpc) is 3.41. The van der Waals surface area contributed by atoms with Gasteiger partial charge < -0.3 is 9.26 Å². The standard InChI is InChI=1S/C27H20BrClF3NO4S2/c1-15-23(28)24(37-33-15)20-4-3-5-21-22(20)25(39(29,34)35)26(38-21,14-16-6-12-19(36-2)13-7-16)17-8-10-18(11-9-17)27(30,31)32/h3-13,25H,14H2,1-2H3. The lowest BCUT2D eigenvalue weighted by atomic mass is 9.83. The van der Waals surface area contributed by atoms with Crippen molar-refractivity contribution in [2.75, 3.05) is 7.11 Å². The molecule has 0 amide bonds. The van der Waals surface area contributed by atoms with E-state index in [4.69, 9.17) is 19.9 Å². The van der Waals surface area contributed by atoms with Crippen LogP contribution in [-0.2, 0) is 26.4 Å². The molecule has 4 aromatic rings. The first-order valence-electron chi connectivity index (χ1n) is 11.5. The highest BCUT2D eigenvalue weighted by Crippen LogP contribution is 2.65. The van der Waals surface area contributed by atoms with Crippen molar-refractivity contribution in [1.29, 1.82) is 0 Å². The Hall–Kier alpha value is -2.47. The van der Waals surface area contributed by atoms with Gasteiger partial charge in [-0.2, -0.15) is 13.2 Å². The fraction of sp³-hybridized carbons (Fsp3) is 0.222. The molecule has 0 saturated heterocycles. The van der Waals surface area contributed by atoms with Crippen LogP contribution in [0.3, 0.4) is 0 Å². The summed E-state index contributed by atoms with van der Waals surface area (Å²) in [6.45, 7) is 1.74. The van der Waals surface area contributed by atoms with E-state index in [-0.39, 0.29) is 6.42 Å². The number of fused-ring (bicyclic) bond motifs is 1. The molecule has 2 heterocycles. The Labute approximate surface area is 240 Å². The summed E-state index contributed by atoms with van der Waals surface area (Å²) in [5.41, 5.74) is 1.76. The van der Waals surface area contributed by atoms with E-state index in [1.165, 1.54) is 31.0 Å². The molecule has 3 aromatic carbocycles.